The summed E-state index contributed by atoms with van der Waals surface area (Å²) in [5.41, 5.74) is 4.32. The molecule has 2 aromatic heterocycles. The molecule has 1 saturated heterocycles. The Morgan fingerprint density at radius 3 is 2.16 bits per heavy atom. The summed E-state index contributed by atoms with van der Waals surface area (Å²) in [7, 11) is -3.78. The van der Waals surface area contributed by atoms with Gasteiger partial charge in [-0.15, -0.1) is 0 Å². The molecule has 2 fully saturated rings. The molecule has 10 nitrogen and oxygen atoms in total. The monoisotopic (exact) mass is 620 g/mol. The molecule has 228 valence electrons. The van der Waals surface area contributed by atoms with E-state index in [-0.39, 0.29) is 17.1 Å². The van der Waals surface area contributed by atoms with Crippen molar-refractivity contribution in [1.82, 2.24) is 24.2 Å². The van der Waals surface area contributed by atoms with E-state index < -0.39 is 21.2 Å². The summed E-state index contributed by atoms with van der Waals surface area (Å²) in [6.45, 7) is 1.17. The van der Waals surface area contributed by atoms with Crippen LogP contribution < -0.4 is 10.0 Å². The van der Waals surface area contributed by atoms with Crippen LogP contribution in [-0.2, 0) is 10.0 Å². The lowest BCUT2D eigenvalue weighted by molar-refractivity contribution is 0.0713. The topological polar surface area (TPSA) is 126 Å². The Balaban J connectivity index is 1.25. The molecule has 0 bridgehead atoms. The molecule has 0 unspecified atom stereocenters. The fourth-order valence-electron chi connectivity index (χ4n) is 5.91. The first kappa shape index (κ1) is 28.7. The van der Waals surface area contributed by atoms with Crippen LogP contribution in [0.25, 0.3) is 16.8 Å². The summed E-state index contributed by atoms with van der Waals surface area (Å²) in [4.78, 5) is 33.5. The minimum Gasteiger partial charge on any atom is -0.339 e. The second-order valence-corrected chi connectivity index (χ2v) is 13.5. The molecule has 2 amide bonds. The fourth-order valence-corrected chi connectivity index (χ4v) is 7.21. The van der Waals surface area contributed by atoms with E-state index in [4.69, 9.17) is 0 Å². The number of carbonyl (C=O) groups excluding carboxylic acids is 2. The molecule has 3 aromatic carbocycles. The highest BCUT2D eigenvalue weighted by molar-refractivity contribution is 7.91. The van der Waals surface area contributed by atoms with Crippen LogP contribution in [0.4, 0.5) is 11.5 Å². The molecule has 11 heteroatoms. The van der Waals surface area contributed by atoms with Crippen molar-refractivity contribution in [2.24, 2.45) is 0 Å². The zero-order chi connectivity index (χ0) is 31.0. The SMILES string of the molecule is O=C(NS(=O)(=O)C1CC1)c1cnn2c(Nc3ccccc3-c3ccccc3)c(C(=O)N3CCC(c4ccccc4)CC3)cnc12. The van der Waals surface area contributed by atoms with Crippen molar-refractivity contribution in [3.8, 4) is 11.1 Å². The third-order valence-corrected chi connectivity index (χ3v) is 10.3. The van der Waals surface area contributed by atoms with E-state index in [0.29, 0.717) is 43.2 Å². The Bertz CT molecular complexity index is 1980. The number of hydrogen-bond donors (Lipinski definition) is 2. The number of hydrogen-bond acceptors (Lipinski definition) is 7. The van der Waals surface area contributed by atoms with Gasteiger partial charge in [0.05, 0.1) is 11.4 Å². The Labute approximate surface area is 261 Å². The van der Waals surface area contributed by atoms with Gasteiger partial charge in [0.1, 0.15) is 16.9 Å². The quantitative estimate of drug-likeness (QED) is 0.239. The van der Waals surface area contributed by atoms with Gasteiger partial charge in [-0.25, -0.2) is 18.1 Å². The molecule has 0 atom stereocenters. The molecule has 2 N–H and O–H groups in total. The summed E-state index contributed by atoms with van der Waals surface area (Å²) >= 11 is 0. The van der Waals surface area contributed by atoms with E-state index >= 15 is 0 Å². The van der Waals surface area contributed by atoms with Gasteiger partial charge >= 0.3 is 0 Å². The predicted octanol–water partition coefficient (Wildman–Crippen LogP) is 5.38. The normalized spacial score (nSPS) is 15.6. The molecule has 5 aromatic rings. The average Bonchev–Trinajstić information content (AvgIpc) is 3.86. The number of nitrogens with zero attached hydrogens (tertiary/aromatic N) is 4. The molecule has 7 rings (SSSR count). The number of amides is 2. The van der Waals surface area contributed by atoms with Crippen LogP contribution in [0, 0.1) is 0 Å². The molecule has 45 heavy (non-hydrogen) atoms. The maximum atomic E-state index is 14.1. The predicted molar refractivity (Wildman–Crippen MR) is 172 cm³/mol. The van der Waals surface area contributed by atoms with Gasteiger partial charge in [0.25, 0.3) is 11.8 Å². The first-order valence-corrected chi connectivity index (χ1v) is 16.6. The second kappa shape index (κ2) is 11.8. The summed E-state index contributed by atoms with van der Waals surface area (Å²) in [6, 6.07) is 27.9. The number of benzene rings is 3. The Morgan fingerprint density at radius 1 is 0.778 bits per heavy atom. The summed E-state index contributed by atoms with van der Waals surface area (Å²) in [5, 5.41) is 7.31. The molecular weight excluding hydrogens is 588 g/mol. The van der Waals surface area contributed by atoms with E-state index in [1.807, 2.05) is 77.7 Å². The molecule has 1 saturated carbocycles. The number of sulfonamides is 1. The smallest absolute Gasteiger partial charge is 0.270 e. The molecule has 1 aliphatic carbocycles. The third kappa shape index (κ3) is 5.78. The Morgan fingerprint density at radius 2 is 1.44 bits per heavy atom. The van der Waals surface area contributed by atoms with Gasteiger partial charge in [0, 0.05) is 30.5 Å². The second-order valence-electron chi connectivity index (χ2n) is 11.5. The van der Waals surface area contributed by atoms with Gasteiger partial charge in [-0.05, 0) is 48.8 Å². The van der Waals surface area contributed by atoms with E-state index in [2.05, 4.69) is 32.3 Å². The first-order valence-electron chi connectivity index (χ1n) is 15.1. The van der Waals surface area contributed by atoms with Crippen LogP contribution in [-0.4, -0.2) is 58.1 Å². The number of fused-ring (bicyclic) bond motifs is 1. The lowest BCUT2D eigenvalue weighted by Gasteiger charge is -2.32. The van der Waals surface area contributed by atoms with Gasteiger partial charge < -0.3 is 10.2 Å². The highest BCUT2D eigenvalue weighted by Crippen LogP contribution is 2.34. The van der Waals surface area contributed by atoms with Crippen LogP contribution in [0.2, 0.25) is 0 Å². The maximum absolute atomic E-state index is 14.1. The molecule has 0 spiro atoms. The summed E-state index contributed by atoms with van der Waals surface area (Å²) in [6.07, 6.45) is 5.46. The summed E-state index contributed by atoms with van der Waals surface area (Å²) < 4.78 is 28.6. The third-order valence-electron chi connectivity index (χ3n) is 8.52. The van der Waals surface area contributed by atoms with Gasteiger partial charge in [0.15, 0.2) is 5.65 Å². The van der Waals surface area contributed by atoms with E-state index in [9.17, 15) is 18.0 Å². The minimum absolute atomic E-state index is 0.00120. The van der Waals surface area contributed by atoms with Gasteiger partial charge in [-0.2, -0.15) is 9.61 Å². The standard InChI is InChI=1S/C34H32N6O4S/c41-33(38-45(43,44)26-15-16-26)28-22-36-40-31(28)35-21-29(34(42)39-19-17-24(18-20-39)23-9-3-1-4-10-23)32(40)37-30-14-8-7-13-27(30)25-11-5-2-6-12-25/h1-14,21-22,24,26,37H,15-20H2,(H,38,41). The average molecular weight is 621 g/mol. The number of anilines is 2. The lowest BCUT2D eigenvalue weighted by Crippen LogP contribution is -2.38. The van der Waals surface area contributed by atoms with Crippen LogP contribution >= 0.6 is 0 Å². The number of likely N-dealkylation sites (tertiary alicyclic amines) is 1. The van der Waals surface area contributed by atoms with Crippen LogP contribution in [0.1, 0.15) is 57.9 Å². The zero-order valence-corrected chi connectivity index (χ0v) is 25.3. The maximum Gasteiger partial charge on any atom is 0.270 e. The molecule has 2 aliphatic rings. The number of nitrogens with one attached hydrogen (secondary N) is 2. The fraction of sp³-hybridized carbons (Fsp3) is 0.235. The largest absolute Gasteiger partial charge is 0.339 e. The van der Waals surface area contributed by atoms with Gasteiger partial charge in [0.2, 0.25) is 10.0 Å². The van der Waals surface area contributed by atoms with Crippen LogP contribution in [0.15, 0.2) is 97.3 Å². The highest BCUT2D eigenvalue weighted by atomic mass is 32.2. The highest BCUT2D eigenvalue weighted by Gasteiger charge is 2.37. The molecule has 0 radical (unpaired) electrons. The van der Waals surface area contributed by atoms with Crippen molar-refractivity contribution < 1.29 is 18.0 Å². The first-order chi connectivity index (χ1) is 21.9. The van der Waals surface area contributed by atoms with Crippen molar-refractivity contribution in [3.63, 3.8) is 0 Å². The number of carbonyl (C=O) groups is 2. The Kier molecular flexibility index (Phi) is 7.54. The zero-order valence-electron chi connectivity index (χ0n) is 24.5. The number of para-hydroxylation sites is 1. The van der Waals surface area contributed by atoms with Gasteiger partial charge in [-0.3, -0.25) is 9.59 Å². The van der Waals surface area contributed by atoms with E-state index in [1.54, 1.807) is 0 Å². The Hall–Kier alpha value is -5.03. The van der Waals surface area contributed by atoms with Crippen LogP contribution in [0.3, 0.4) is 0 Å². The van der Waals surface area contributed by atoms with Gasteiger partial charge in [-0.1, -0.05) is 78.9 Å². The summed E-state index contributed by atoms with van der Waals surface area (Å²) in [5.74, 6) is -0.288. The lowest BCUT2D eigenvalue weighted by atomic mass is 9.89. The molecule has 1 aliphatic heterocycles. The van der Waals surface area contributed by atoms with Crippen molar-refractivity contribution in [3.05, 3.63) is 114 Å². The molecule has 3 heterocycles. The minimum atomic E-state index is -3.78. The molecular formula is C34H32N6O4S. The van der Waals surface area contributed by atoms with Crippen molar-refractivity contribution in [2.45, 2.75) is 36.9 Å². The van der Waals surface area contributed by atoms with Crippen LogP contribution in [0.5, 0.6) is 0 Å². The number of aromatic nitrogens is 3. The number of rotatable bonds is 8. The van der Waals surface area contributed by atoms with E-state index in [0.717, 1.165) is 29.7 Å². The number of piperidine rings is 1. The van der Waals surface area contributed by atoms with Crippen molar-refractivity contribution in [1.29, 1.82) is 0 Å². The van der Waals surface area contributed by atoms with E-state index in [1.165, 1.54) is 22.5 Å². The van der Waals surface area contributed by atoms with Crippen molar-refractivity contribution in [2.75, 3.05) is 18.4 Å². The van der Waals surface area contributed by atoms with Crippen molar-refractivity contribution >= 4 is 39.0 Å².